The summed E-state index contributed by atoms with van der Waals surface area (Å²) in [6.45, 7) is 2.45. The summed E-state index contributed by atoms with van der Waals surface area (Å²) >= 11 is 0. The van der Waals surface area contributed by atoms with Gasteiger partial charge in [-0.3, -0.25) is 4.99 Å². The lowest BCUT2D eigenvalue weighted by atomic mass is 10.1. The molecule has 1 aliphatic heterocycles. The molecule has 1 heterocycles. The van der Waals surface area contributed by atoms with Crippen LogP contribution in [0.3, 0.4) is 0 Å². The molecule has 0 saturated carbocycles. The Morgan fingerprint density at radius 3 is 2.67 bits per heavy atom. The Hall–Kier alpha value is -1.96. The van der Waals surface area contributed by atoms with Gasteiger partial charge in [-0.15, -0.1) is 24.0 Å². The maximum Gasteiger partial charge on any atom is 0.190 e. The SMILES string of the molecule is CN=C(NCCc1ccc2c(c1)CCO2)NCCc1ccccc1OC.I. The van der Waals surface area contributed by atoms with Gasteiger partial charge in [0.25, 0.3) is 0 Å². The van der Waals surface area contributed by atoms with Crippen molar-refractivity contribution in [2.24, 2.45) is 4.99 Å². The number of aliphatic imine (C=N–C) groups is 1. The van der Waals surface area contributed by atoms with Crippen molar-refractivity contribution in [3.8, 4) is 11.5 Å². The molecule has 2 aromatic carbocycles. The van der Waals surface area contributed by atoms with Gasteiger partial charge < -0.3 is 20.1 Å². The molecule has 3 rings (SSSR count). The van der Waals surface area contributed by atoms with Crippen molar-refractivity contribution in [3.63, 3.8) is 0 Å². The second-order valence-electron chi connectivity index (χ2n) is 6.28. The smallest absolute Gasteiger partial charge is 0.190 e. The molecule has 6 heteroatoms. The molecular formula is C21H28IN3O2. The quantitative estimate of drug-likeness (QED) is 0.363. The maximum atomic E-state index is 5.56. The maximum absolute atomic E-state index is 5.56. The second kappa shape index (κ2) is 11.0. The molecule has 27 heavy (non-hydrogen) atoms. The first-order chi connectivity index (χ1) is 12.8. The van der Waals surface area contributed by atoms with E-state index in [2.05, 4.69) is 39.9 Å². The molecule has 0 amide bonds. The molecule has 0 bridgehead atoms. The lowest BCUT2D eigenvalue weighted by Crippen LogP contribution is -2.39. The topological polar surface area (TPSA) is 54.9 Å². The molecule has 0 atom stereocenters. The van der Waals surface area contributed by atoms with Crippen molar-refractivity contribution in [3.05, 3.63) is 59.2 Å². The third-order valence-corrected chi connectivity index (χ3v) is 4.56. The summed E-state index contributed by atoms with van der Waals surface area (Å²) < 4.78 is 10.9. The number of hydrogen-bond acceptors (Lipinski definition) is 3. The number of para-hydroxylation sites is 1. The van der Waals surface area contributed by atoms with E-state index in [9.17, 15) is 0 Å². The number of halogens is 1. The van der Waals surface area contributed by atoms with Crippen LogP contribution in [0.1, 0.15) is 16.7 Å². The largest absolute Gasteiger partial charge is 0.496 e. The first-order valence-corrected chi connectivity index (χ1v) is 9.11. The number of guanidine groups is 1. The van der Waals surface area contributed by atoms with E-state index in [1.807, 2.05) is 18.2 Å². The van der Waals surface area contributed by atoms with Gasteiger partial charge in [-0.2, -0.15) is 0 Å². The summed E-state index contributed by atoms with van der Waals surface area (Å²) in [4.78, 5) is 4.29. The van der Waals surface area contributed by atoms with Gasteiger partial charge in [-0.1, -0.05) is 30.3 Å². The van der Waals surface area contributed by atoms with Gasteiger partial charge in [0.1, 0.15) is 11.5 Å². The van der Waals surface area contributed by atoms with Gasteiger partial charge in [0.15, 0.2) is 5.96 Å². The molecule has 0 unspecified atom stereocenters. The fourth-order valence-electron chi connectivity index (χ4n) is 3.17. The van der Waals surface area contributed by atoms with Gasteiger partial charge in [-0.25, -0.2) is 0 Å². The molecule has 0 fully saturated rings. The van der Waals surface area contributed by atoms with Crippen LogP contribution in [-0.2, 0) is 19.3 Å². The number of rotatable bonds is 7. The molecule has 0 aromatic heterocycles. The minimum absolute atomic E-state index is 0. The number of nitrogens with one attached hydrogen (secondary N) is 2. The Kier molecular flexibility index (Phi) is 8.71. The van der Waals surface area contributed by atoms with Crippen molar-refractivity contribution in [1.29, 1.82) is 0 Å². The lowest BCUT2D eigenvalue weighted by Gasteiger charge is -2.13. The van der Waals surface area contributed by atoms with E-state index in [1.54, 1.807) is 14.2 Å². The zero-order valence-corrected chi connectivity index (χ0v) is 18.3. The van der Waals surface area contributed by atoms with Crippen LogP contribution in [-0.4, -0.2) is 39.8 Å². The van der Waals surface area contributed by atoms with Gasteiger partial charge in [0, 0.05) is 26.6 Å². The predicted octanol–water partition coefficient (Wildman–Crippen LogP) is 3.20. The molecule has 2 aromatic rings. The first-order valence-electron chi connectivity index (χ1n) is 9.11. The second-order valence-corrected chi connectivity index (χ2v) is 6.28. The van der Waals surface area contributed by atoms with Crippen molar-refractivity contribution >= 4 is 29.9 Å². The van der Waals surface area contributed by atoms with Crippen molar-refractivity contribution < 1.29 is 9.47 Å². The van der Waals surface area contributed by atoms with E-state index in [0.717, 1.165) is 56.4 Å². The number of methoxy groups -OCH3 is 1. The minimum Gasteiger partial charge on any atom is -0.496 e. The molecule has 5 nitrogen and oxygen atoms in total. The Balaban J connectivity index is 0.00000261. The minimum atomic E-state index is 0. The number of nitrogens with zero attached hydrogens (tertiary/aromatic N) is 1. The van der Waals surface area contributed by atoms with E-state index in [0.29, 0.717) is 0 Å². The fourth-order valence-corrected chi connectivity index (χ4v) is 3.17. The predicted molar refractivity (Wildman–Crippen MR) is 121 cm³/mol. The summed E-state index contributed by atoms with van der Waals surface area (Å²) in [6.07, 6.45) is 2.86. The van der Waals surface area contributed by atoms with E-state index in [4.69, 9.17) is 9.47 Å². The number of hydrogen-bond donors (Lipinski definition) is 2. The van der Waals surface area contributed by atoms with E-state index < -0.39 is 0 Å². The zero-order valence-electron chi connectivity index (χ0n) is 16.0. The molecule has 0 radical (unpaired) electrons. The Labute approximate surface area is 178 Å². The summed E-state index contributed by atoms with van der Waals surface area (Å²) in [7, 11) is 3.50. The standard InChI is InChI=1S/C21H27N3O2.HI/c1-22-21(24-13-10-17-5-3-4-6-19(17)25-2)23-12-9-16-7-8-20-18(15-16)11-14-26-20;/h3-8,15H,9-14H2,1-2H3,(H2,22,23,24);1H. The molecular weight excluding hydrogens is 453 g/mol. The fraction of sp³-hybridized carbons (Fsp3) is 0.381. The van der Waals surface area contributed by atoms with Crippen molar-refractivity contribution in [1.82, 2.24) is 10.6 Å². The monoisotopic (exact) mass is 481 g/mol. The third kappa shape index (κ3) is 6.02. The van der Waals surface area contributed by atoms with Crippen LogP contribution in [0.5, 0.6) is 11.5 Å². The number of benzene rings is 2. The van der Waals surface area contributed by atoms with Gasteiger partial charge in [0.2, 0.25) is 0 Å². The first kappa shape index (κ1) is 21.3. The van der Waals surface area contributed by atoms with Crippen LogP contribution in [0.25, 0.3) is 0 Å². The average Bonchev–Trinajstić information content (AvgIpc) is 3.15. The molecule has 0 saturated heterocycles. The normalized spacial score (nSPS) is 12.6. The highest BCUT2D eigenvalue weighted by Crippen LogP contribution is 2.25. The van der Waals surface area contributed by atoms with Gasteiger partial charge in [0.05, 0.1) is 13.7 Å². The summed E-state index contributed by atoms with van der Waals surface area (Å²) in [5, 5.41) is 6.74. The Morgan fingerprint density at radius 1 is 1.11 bits per heavy atom. The van der Waals surface area contributed by atoms with Crippen LogP contribution in [0.4, 0.5) is 0 Å². The molecule has 1 aliphatic rings. The van der Waals surface area contributed by atoms with E-state index in [-0.39, 0.29) is 24.0 Å². The Morgan fingerprint density at radius 2 is 1.89 bits per heavy atom. The molecule has 0 aliphatic carbocycles. The van der Waals surface area contributed by atoms with Crippen LogP contribution in [0, 0.1) is 0 Å². The van der Waals surface area contributed by atoms with E-state index in [1.165, 1.54) is 16.7 Å². The van der Waals surface area contributed by atoms with Gasteiger partial charge in [-0.05, 0) is 41.7 Å². The lowest BCUT2D eigenvalue weighted by molar-refractivity contribution is 0.357. The summed E-state index contributed by atoms with van der Waals surface area (Å²) in [6, 6.07) is 14.6. The van der Waals surface area contributed by atoms with Crippen LogP contribution < -0.4 is 20.1 Å². The summed E-state index contributed by atoms with van der Waals surface area (Å²) in [5.41, 5.74) is 3.84. The van der Waals surface area contributed by atoms with E-state index >= 15 is 0 Å². The Bertz CT molecular complexity index is 765. The highest BCUT2D eigenvalue weighted by atomic mass is 127. The molecule has 2 N–H and O–H groups in total. The van der Waals surface area contributed by atoms with Crippen LogP contribution in [0.2, 0.25) is 0 Å². The van der Waals surface area contributed by atoms with Crippen LogP contribution >= 0.6 is 24.0 Å². The third-order valence-electron chi connectivity index (χ3n) is 4.56. The van der Waals surface area contributed by atoms with Crippen molar-refractivity contribution in [2.75, 3.05) is 33.9 Å². The highest BCUT2D eigenvalue weighted by Gasteiger charge is 2.11. The average molecular weight is 481 g/mol. The number of fused-ring (bicyclic) bond motifs is 1. The highest BCUT2D eigenvalue weighted by molar-refractivity contribution is 14.0. The molecule has 0 spiro atoms. The molecule has 146 valence electrons. The number of ether oxygens (including phenoxy) is 2. The zero-order chi connectivity index (χ0) is 18.2. The van der Waals surface area contributed by atoms with Gasteiger partial charge >= 0.3 is 0 Å². The van der Waals surface area contributed by atoms with Crippen LogP contribution in [0.15, 0.2) is 47.5 Å². The summed E-state index contributed by atoms with van der Waals surface area (Å²) in [5.74, 6) is 2.79. The van der Waals surface area contributed by atoms with Crippen molar-refractivity contribution in [2.45, 2.75) is 19.3 Å².